The first-order valence-corrected chi connectivity index (χ1v) is 12.0. The van der Waals surface area contributed by atoms with Crippen LogP contribution in [-0.2, 0) is 13.2 Å². The highest BCUT2D eigenvalue weighted by molar-refractivity contribution is 6.35. The Morgan fingerprint density at radius 2 is 1.59 bits per heavy atom. The van der Waals surface area contributed by atoms with Gasteiger partial charge in [0.2, 0.25) is 0 Å². The summed E-state index contributed by atoms with van der Waals surface area (Å²) in [6, 6.07) is 23.1. The molecule has 0 spiro atoms. The maximum absolute atomic E-state index is 12.9. The van der Waals surface area contributed by atoms with E-state index >= 15 is 0 Å². The molecule has 34 heavy (non-hydrogen) atoms. The topological polar surface area (TPSA) is 45.9 Å². The van der Waals surface area contributed by atoms with Crippen molar-refractivity contribution < 1.29 is 13.9 Å². The van der Waals surface area contributed by atoms with Crippen LogP contribution in [0, 0.1) is 0 Å². The van der Waals surface area contributed by atoms with E-state index in [1.165, 1.54) is 0 Å². The zero-order chi connectivity index (χ0) is 23.5. The van der Waals surface area contributed by atoms with E-state index in [2.05, 4.69) is 17.0 Å². The van der Waals surface area contributed by atoms with E-state index in [1.54, 1.807) is 12.1 Å². The molecule has 1 aliphatic rings. The molecule has 0 bridgehead atoms. The summed E-state index contributed by atoms with van der Waals surface area (Å²) in [5, 5.41) is 3.61. The third-order valence-electron chi connectivity index (χ3n) is 6.08. The van der Waals surface area contributed by atoms with Gasteiger partial charge in [0.05, 0.1) is 0 Å². The molecule has 0 N–H and O–H groups in total. The minimum Gasteiger partial charge on any atom is -0.486 e. The Hall–Kier alpha value is -2.99. The summed E-state index contributed by atoms with van der Waals surface area (Å²) in [4.78, 5) is 17.0. The molecule has 1 fully saturated rings. The molecule has 1 amide bonds. The van der Waals surface area contributed by atoms with Crippen LogP contribution in [0.4, 0.5) is 0 Å². The van der Waals surface area contributed by atoms with Crippen LogP contribution in [-0.4, -0.2) is 41.9 Å². The second kappa shape index (κ2) is 10.1. The smallest absolute Gasteiger partial charge is 0.289 e. The molecule has 4 aromatic rings. The number of hydrogen-bond acceptors (Lipinski definition) is 4. The van der Waals surface area contributed by atoms with Crippen LogP contribution >= 0.6 is 23.2 Å². The molecule has 0 aliphatic carbocycles. The van der Waals surface area contributed by atoms with Gasteiger partial charge in [-0.25, -0.2) is 0 Å². The second-order valence-electron chi connectivity index (χ2n) is 8.33. The zero-order valence-corrected chi connectivity index (χ0v) is 20.1. The lowest BCUT2D eigenvalue weighted by molar-refractivity contribution is 0.0594. The number of amides is 1. The Morgan fingerprint density at radius 1 is 0.853 bits per heavy atom. The van der Waals surface area contributed by atoms with Crippen LogP contribution in [0.5, 0.6) is 5.75 Å². The Bertz CT molecular complexity index is 1290. The Kier molecular flexibility index (Phi) is 6.77. The predicted octanol–water partition coefficient (Wildman–Crippen LogP) is 6.28. The van der Waals surface area contributed by atoms with Crippen molar-refractivity contribution in [3.05, 3.63) is 99.9 Å². The van der Waals surface area contributed by atoms with E-state index in [-0.39, 0.29) is 12.5 Å². The number of piperazine rings is 1. The molecule has 5 nitrogen and oxygen atoms in total. The molecule has 0 atom stereocenters. The van der Waals surface area contributed by atoms with Crippen LogP contribution in [0.3, 0.4) is 0 Å². The van der Waals surface area contributed by atoms with Crippen molar-refractivity contribution >= 4 is 39.9 Å². The molecule has 2 heterocycles. The molecular weight excluding hydrogens is 471 g/mol. The van der Waals surface area contributed by atoms with E-state index in [0.717, 1.165) is 35.2 Å². The third-order valence-corrected chi connectivity index (χ3v) is 6.79. The van der Waals surface area contributed by atoms with Crippen molar-refractivity contribution in [2.75, 3.05) is 26.2 Å². The number of rotatable bonds is 6. The van der Waals surface area contributed by atoms with Gasteiger partial charge in [-0.3, -0.25) is 9.69 Å². The van der Waals surface area contributed by atoms with Crippen molar-refractivity contribution in [1.82, 2.24) is 9.80 Å². The summed E-state index contributed by atoms with van der Waals surface area (Å²) in [5.41, 5.74) is 0.924. The minimum atomic E-state index is -0.104. The van der Waals surface area contributed by atoms with Crippen LogP contribution < -0.4 is 4.74 Å². The maximum atomic E-state index is 12.9. The van der Waals surface area contributed by atoms with Gasteiger partial charge in [0.15, 0.2) is 5.76 Å². The van der Waals surface area contributed by atoms with Gasteiger partial charge in [-0.15, -0.1) is 0 Å². The summed E-state index contributed by atoms with van der Waals surface area (Å²) in [5.74, 6) is 1.60. The standard InChI is InChI=1S/C27H24Cl2N2O3/c28-24-6-3-7-25(29)23(24)17-30-12-14-31(15-13-30)27(32)26-11-10-22(34-26)18-33-21-9-8-19-4-1-2-5-20(19)16-21/h1-11,16H,12-15,17-18H2. The van der Waals surface area contributed by atoms with Crippen LogP contribution in [0.25, 0.3) is 10.8 Å². The summed E-state index contributed by atoms with van der Waals surface area (Å²) in [6.07, 6.45) is 0. The number of fused-ring (bicyclic) bond motifs is 1. The largest absolute Gasteiger partial charge is 0.486 e. The van der Waals surface area contributed by atoms with Gasteiger partial charge in [0, 0.05) is 48.3 Å². The number of carbonyl (C=O) groups excluding carboxylic acids is 1. The number of halogens is 2. The molecule has 174 valence electrons. The van der Waals surface area contributed by atoms with E-state index in [1.807, 2.05) is 53.4 Å². The zero-order valence-electron chi connectivity index (χ0n) is 18.5. The van der Waals surface area contributed by atoms with Crippen molar-refractivity contribution in [2.45, 2.75) is 13.2 Å². The predicted molar refractivity (Wildman–Crippen MR) is 135 cm³/mol. The summed E-state index contributed by atoms with van der Waals surface area (Å²) < 4.78 is 11.7. The number of benzene rings is 3. The van der Waals surface area contributed by atoms with E-state index in [9.17, 15) is 4.79 Å². The Balaban J connectivity index is 1.15. The quantitative estimate of drug-likeness (QED) is 0.316. The number of furan rings is 1. The second-order valence-corrected chi connectivity index (χ2v) is 9.15. The monoisotopic (exact) mass is 494 g/mol. The van der Waals surface area contributed by atoms with Gasteiger partial charge in [-0.1, -0.05) is 59.6 Å². The van der Waals surface area contributed by atoms with Crippen molar-refractivity contribution in [1.29, 1.82) is 0 Å². The van der Waals surface area contributed by atoms with Crippen LogP contribution in [0.2, 0.25) is 10.0 Å². The fraction of sp³-hybridized carbons (Fsp3) is 0.222. The highest BCUT2D eigenvalue weighted by Gasteiger charge is 2.25. The van der Waals surface area contributed by atoms with Gasteiger partial charge in [-0.05, 0) is 47.2 Å². The van der Waals surface area contributed by atoms with E-state index < -0.39 is 0 Å². The van der Waals surface area contributed by atoms with Gasteiger partial charge >= 0.3 is 0 Å². The summed E-state index contributed by atoms with van der Waals surface area (Å²) >= 11 is 12.6. The number of nitrogens with zero attached hydrogens (tertiary/aromatic N) is 2. The molecule has 3 aromatic carbocycles. The Labute approximate surface area is 208 Å². The SMILES string of the molecule is O=C(c1ccc(COc2ccc3ccccc3c2)o1)N1CCN(Cc2c(Cl)cccc2Cl)CC1. The molecule has 1 saturated heterocycles. The van der Waals surface area contributed by atoms with Gasteiger partial charge in [-0.2, -0.15) is 0 Å². The lowest BCUT2D eigenvalue weighted by Crippen LogP contribution is -2.48. The van der Waals surface area contributed by atoms with E-state index in [0.29, 0.717) is 41.2 Å². The molecule has 0 unspecified atom stereocenters. The molecule has 1 aliphatic heterocycles. The molecule has 0 saturated carbocycles. The van der Waals surface area contributed by atoms with Gasteiger partial charge < -0.3 is 14.1 Å². The average molecular weight is 495 g/mol. The Morgan fingerprint density at radius 3 is 2.35 bits per heavy atom. The first-order valence-electron chi connectivity index (χ1n) is 11.2. The van der Waals surface area contributed by atoms with Gasteiger partial charge in [0.1, 0.15) is 18.1 Å². The molecule has 1 aromatic heterocycles. The first-order chi connectivity index (χ1) is 16.6. The van der Waals surface area contributed by atoms with Crippen molar-refractivity contribution in [3.8, 4) is 5.75 Å². The van der Waals surface area contributed by atoms with Crippen molar-refractivity contribution in [3.63, 3.8) is 0 Å². The molecule has 5 rings (SSSR count). The normalized spacial score (nSPS) is 14.5. The third kappa shape index (κ3) is 5.07. The van der Waals surface area contributed by atoms with Crippen LogP contribution in [0.15, 0.2) is 77.2 Å². The number of ether oxygens (including phenoxy) is 1. The number of carbonyl (C=O) groups is 1. The van der Waals surface area contributed by atoms with Crippen molar-refractivity contribution in [2.24, 2.45) is 0 Å². The fourth-order valence-corrected chi connectivity index (χ4v) is 4.67. The van der Waals surface area contributed by atoms with Gasteiger partial charge in [0.25, 0.3) is 5.91 Å². The summed E-state index contributed by atoms with van der Waals surface area (Å²) in [7, 11) is 0. The molecule has 0 radical (unpaired) electrons. The van der Waals surface area contributed by atoms with Crippen LogP contribution in [0.1, 0.15) is 21.9 Å². The lowest BCUT2D eigenvalue weighted by atomic mass is 10.1. The number of hydrogen-bond donors (Lipinski definition) is 0. The highest BCUT2D eigenvalue weighted by atomic mass is 35.5. The molecular formula is C27H24Cl2N2O3. The first kappa shape index (κ1) is 22.8. The summed E-state index contributed by atoms with van der Waals surface area (Å²) in [6.45, 7) is 3.64. The van der Waals surface area contributed by atoms with E-state index in [4.69, 9.17) is 32.4 Å². The maximum Gasteiger partial charge on any atom is 0.289 e. The minimum absolute atomic E-state index is 0.104. The fourth-order valence-electron chi connectivity index (χ4n) is 4.15. The highest BCUT2D eigenvalue weighted by Crippen LogP contribution is 2.26. The molecule has 7 heteroatoms. The lowest BCUT2D eigenvalue weighted by Gasteiger charge is -2.34. The average Bonchev–Trinajstić information content (AvgIpc) is 3.34.